The van der Waals surface area contributed by atoms with Crippen molar-refractivity contribution in [3.63, 3.8) is 0 Å². The Hall–Kier alpha value is -1.24. The van der Waals surface area contributed by atoms with Crippen molar-refractivity contribution in [3.05, 3.63) is 33.2 Å². The smallest absolute Gasteiger partial charge is 0.343 e. The Bertz CT molecular complexity index is 473. The number of halogens is 3. The highest BCUT2D eigenvalue weighted by Crippen LogP contribution is 2.17. The third kappa shape index (κ3) is 3.12. The van der Waals surface area contributed by atoms with Gasteiger partial charge in [0.05, 0.1) is 12.3 Å². The Morgan fingerprint density at radius 1 is 1.59 bits per heavy atom. The van der Waals surface area contributed by atoms with E-state index in [2.05, 4.69) is 25.7 Å². The molecule has 0 fully saturated rings. The first kappa shape index (κ1) is 13.8. The quantitative estimate of drug-likeness (QED) is 0.686. The van der Waals surface area contributed by atoms with E-state index >= 15 is 0 Å². The van der Waals surface area contributed by atoms with Crippen molar-refractivity contribution in [1.29, 1.82) is 0 Å². The van der Waals surface area contributed by atoms with Crippen LogP contribution in [0.4, 0.5) is 8.78 Å². The first-order valence-electron chi connectivity index (χ1n) is 4.78. The molecule has 0 aliphatic carbocycles. The summed E-state index contributed by atoms with van der Waals surface area (Å²) in [6.45, 7) is 1.70. The lowest BCUT2D eigenvalue weighted by Gasteiger charge is -2.08. The maximum Gasteiger partial charge on any atom is 0.343 e. The van der Waals surface area contributed by atoms with Crippen LogP contribution in [0.3, 0.4) is 0 Å². The lowest BCUT2D eigenvalue weighted by atomic mass is 10.1. The number of carbonyl (C=O) groups is 1. The van der Waals surface area contributed by atoms with Gasteiger partial charge in [-0.3, -0.25) is 4.79 Å². The molecule has 0 aliphatic heterocycles. The fourth-order valence-corrected chi connectivity index (χ4v) is 1.70. The molecule has 94 valence electrons. The number of alkyl halides is 3. The first-order valence-corrected chi connectivity index (χ1v) is 5.90. The lowest BCUT2D eigenvalue weighted by Crippen LogP contribution is -2.22. The highest BCUT2D eigenvalue weighted by molar-refractivity contribution is 9.08. The fraction of sp³-hybridized carbons (Fsp3) is 0.400. The Labute approximate surface area is 104 Å². The van der Waals surface area contributed by atoms with Crippen molar-refractivity contribution in [1.82, 2.24) is 4.98 Å². The molecule has 0 unspecified atom stereocenters. The average Bonchev–Trinajstić information content (AvgIpc) is 2.27. The predicted molar refractivity (Wildman–Crippen MR) is 60.6 cm³/mol. The molecule has 4 nitrogen and oxygen atoms in total. The van der Waals surface area contributed by atoms with Gasteiger partial charge in [-0.05, 0) is 6.92 Å². The second kappa shape index (κ2) is 5.90. The van der Waals surface area contributed by atoms with E-state index in [1.165, 1.54) is 0 Å². The summed E-state index contributed by atoms with van der Waals surface area (Å²) >= 11 is 3.02. The summed E-state index contributed by atoms with van der Waals surface area (Å²) in [6, 6.07) is 0.711. The number of pyridine rings is 1. The molecule has 1 rings (SSSR count). The second-order valence-electron chi connectivity index (χ2n) is 3.10. The molecule has 0 bridgehead atoms. The summed E-state index contributed by atoms with van der Waals surface area (Å²) in [7, 11) is 0. The third-order valence-electron chi connectivity index (χ3n) is 1.98. The number of rotatable bonds is 4. The summed E-state index contributed by atoms with van der Waals surface area (Å²) in [4.78, 5) is 25.4. The van der Waals surface area contributed by atoms with Gasteiger partial charge in [0.1, 0.15) is 5.56 Å². The summed E-state index contributed by atoms with van der Waals surface area (Å²) in [5.74, 6) is -0.816. The van der Waals surface area contributed by atoms with Gasteiger partial charge in [0, 0.05) is 17.1 Å². The summed E-state index contributed by atoms with van der Waals surface area (Å²) in [5.41, 5.74) is -1.44. The number of hydrogen-bond donors (Lipinski definition) is 1. The molecular formula is C10H10BrF2NO3. The van der Waals surface area contributed by atoms with Crippen LogP contribution < -0.4 is 5.43 Å². The van der Waals surface area contributed by atoms with Crippen LogP contribution in [0.1, 0.15) is 35.1 Å². The van der Waals surface area contributed by atoms with Crippen molar-refractivity contribution in [3.8, 4) is 0 Å². The van der Waals surface area contributed by atoms with E-state index in [1.54, 1.807) is 6.92 Å². The molecule has 1 N–H and O–H groups in total. The van der Waals surface area contributed by atoms with Crippen LogP contribution in [0, 0.1) is 0 Å². The van der Waals surface area contributed by atoms with Crippen LogP contribution in [0.2, 0.25) is 0 Å². The molecule has 0 spiro atoms. The van der Waals surface area contributed by atoms with Gasteiger partial charge in [-0.15, -0.1) is 0 Å². The van der Waals surface area contributed by atoms with E-state index < -0.39 is 23.5 Å². The van der Waals surface area contributed by atoms with Gasteiger partial charge in [0.25, 0.3) is 6.43 Å². The molecule has 0 saturated carbocycles. The highest BCUT2D eigenvalue weighted by atomic mass is 79.9. The molecule has 0 amide bonds. The van der Waals surface area contributed by atoms with Crippen LogP contribution in [0.15, 0.2) is 10.9 Å². The van der Waals surface area contributed by atoms with Gasteiger partial charge in [-0.1, -0.05) is 15.9 Å². The number of aromatic amines is 1. The van der Waals surface area contributed by atoms with E-state index in [1.807, 2.05) is 0 Å². The van der Waals surface area contributed by atoms with Crippen molar-refractivity contribution >= 4 is 21.9 Å². The zero-order chi connectivity index (χ0) is 13.0. The summed E-state index contributed by atoms with van der Waals surface area (Å²) < 4.78 is 29.6. The van der Waals surface area contributed by atoms with Crippen LogP contribution >= 0.6 is 15.9 Å². The van der Waals surface area contributed by atoms with E-state index in [-0.39, 0.29) is 23.2 Å². The maximum atomic E-state index is 12.4. The molecule has 1 aromatic heterocycles. The average molecular weight is 310 g/mol. The summed E-state index contributed by atoms with van der Waals surface area (Å²) in [5, 5.41) is 0.0803. The molecule has 1 aromatic rings. The van der Waals surface area contributed by atoms with Crippen molar-refractivity contribution in [2.75, 3.05) is 6.61 Å². The zero-order valence-corrected chi connectivity index (χ0v) is 10.5. The van der Waals surface area contributed by atoms with Gasteiger partial charge >= 0.3 is 5.97 Å². The Kier molecular flexibility index (Phi) is 4.80. The molecule has 17 heavy (non-hydrogen) atoms. The SMILES string of the molecule is CCOC(=O)c1c(CBr)[nH]c(C(F)F)cc1=O. The van der Waals surface area contributed by atoms with Gasteiger partial charge in [0.15, 0.2) is 5.43 Å². The Morgan fingerprint density at radius 3 is 2.71 bits per heavy atom. The standard InChI is InChI=1S/C10H10BrF2NO3/c1-2-17-10(16)8-6(4-11)14-5(9(12)13)3-7(8)15/h3,9H,2,4H2,1H3,(H,14,15). The number of nitrogens with one attached hydrogen (secondary N) is 1. The normalized spacial score (nSPS) is 10.6. The van der Waals surface area contributed by atoms with E-state index in [0.29, 0.717) is 6.07 Å². The van der Waals surface area contributed by atoms with E-state index in [9.17, 15) is 18.4 Å². The minimum absolute atomic E-state index is 0.0803. The van der Waals surface area contributed by atoms with Crippen LogP contribution in [-0.4, -0.2) is 17.6 Å². The molecule has 0 radical (unpaired) electrons. The number of ether oxygens (including phenoxy) is 1. The topological polar surface area (TPSA) is 59.2 Å². The Morgan fingerprint density at radius 2 is 2.24 bits per heavy atom. The molecule has 0 aromatic carbocycles. The monoisotopic (exact) mass is 309 g/mol. The zero-order valence-electron chi connectivity index (χ0n) is 8.93. The van der Waals surface area contributed by atoms with Crippen LogP contribution in [-0.2, 0) is 10.1 Å². The van der Waals surface area contributed by atoms with Gasteiger partial charge in [-0.2, -0.15) is 0 Å². The van der Waals surface area contributed by atoms with Crippen LogP contribution in [0.25, 0.3) is 0 Å². The van der Waals surface area contributed by atoms with E-state index in [0.717, 1.165) is 0 Å². The first-order chi connectivity index (χ1) is 8.01. The number of H-pyrrole nitrogens is 1. The highest BCUT2D eigenvalue weighted by Gasteiger charge is 2.20. The lowest BCUT2D eigenvalue weighted by molar-refractivity contribution is 0.0522. The summed E-state index contributed by atoms with van der Waals surface area (Å²) in [6.07, 6.45) is -2.79. The number of hydrogen-bond acceptors (Lipinski definition) is 3. The largest absolute Gasteiger partial charge is 0.462 e. The molecular weight excluding hydrogens is 300 g/mol. The van der Waals surface area contributed by atoms with Crippen molar-refractivity contribution in [2.45, 2.75) is 18.7 Å². The second-order valence-corrected chi connectivity index (χ2v) is 3.66. The molecule has 0 aliphatic rings. The number of aromatic nitrogens is 1. The fourth-order valence-electron chi connectivity index (χ4n) is 1.28. The van der Waals surface area contributed by atoms with Crippen molar-refractivity contribution < 1.29 is 18.3 Å². The van der Waals surface area contributed by atoms with Gasteiger partial charge in [-0.25, -0.2) is 13.6 Å². The third-order valence-corrected chi connectivity index (χ3v) is 2.54. The van der Waals surface area contributed by atoms with Gasteiger partial charge in [0.2, 0.25) is 0 Å². The maximum absolute atomic E-state index is 12.4. The number of carbonyl (C=O) groups excluding carboxylic acids is 1. The van der Waals surface area contributed by atoms with E-state index in [4.69, 9.17) is 0 Å². The van der Waals surface area contributed by atoms with Crippen LogP contribution in [0.5, 0.6) is 0 Å². The molecule has 1 heterocycles. The molecule has 0 atom stereocenters. The number of esters is 1. The minimum atomic E-state index is -2.79. The molecule has 7 heteroatoms. The van der Waals surface area contributed by atoms with Gasteiger partial charge < -0.3 is 9.72 Å². The minimum Gasteiger partial charge on any atom is -0.462 e. The van der Waals surface area contributed by atoms with Crippen molar-refractivity contribution in [2.24, 2.45) is 0 Å². The Balaban J connectivity index is 3.31. The predicted octanol–water partition coefficient (Wildman–Crippen LogP) is 2.38. The molecule has 0 saturated heterocycles.